The monoisotopic (exact) mass is 307 g/mol. The van der Waals surface area contributed by atoms with Crippen molar-refractivity contribution in [1.29, 1.82) is 0 Å². The van der Waals surface area contributed by atoms with Crippen molar-refractivity contribution in [3.8, 4) is 0 Å². The van der Waals surface area contributed by atoms with E-state index in [1.165, 1.54) is 11.6 Å². The summed E-state index contributed by atoms with van der Waals surface area (Å²) < 4.78 is 0. The molecule has 2 saturated carbocycles. The van der Waals surface area contributed by atoms with E-state index in [4.69, 9.17) is 0 Å². The summed E-state index contributed by atoms with van der Waals surface area (Å²) in [7, 11) is 2.60. The van der Waals surface area contributed by atoms with E-state index in [-0.39, 0.29) is 17.2 Å². The van der Waals surface area contributed by atoms with Gasteiger partial charge in [-0.1, -0.05) is 37.7 Å². The number of nitrogens with zero attached hydrogens (tertiary/aromatic N) is 1. The van der Waals surface area contributed by atoms with Crippen LogP contribution in [0.3, 0.4) is 0 Å². The van der Waals surface area contributed by atoms with Crippen LogP contribution >= 0.6 is 0 Å². The highest BCUT2D eigenvalue weighted by Gasteiger charge is 2.69. The molecule has 2 fully saturated rings. The Kier molecular flexibility index (Phi) is 3.33. The summed E-state index contributed by atoms with van der Waals surface area (Å²) in [5, 5.41) is 12.7. The van der Waals surface area contributed by atoms with Crippen LogP contribution in [-0.4, -0.2) is 49.1 Å². The zero-order chi connectivity index (χ0) is 15.6. The molecule has 3 aliphatic rings. The maximum Gasteiger partial charge on any atom is 0.163 e. The second-order valence-corrected chi connectivity index (χ2v) is 13.6. The van der Waals surface area contributed by atoms with Gasteiger partial charge in [0.15, 0.2) is 5.78 Å². The molecule has 0 aromatic carbocycles. The molecule has 3 rings (SSSR count). The van der Waals surface area contributed by atoms with Gasteiger partial charge in [0.1, 0.15) is 0 Å². The first-order chi connectivity index (χ1) is 9.64. The minimum absolute atomic E-state index is 0.188. The molecule has 0 bridgehead atoms. The molecule has 0 amide bonds. The van der Waals surface area contributed by atoms with E-state index in [2.05, 4.69) is 38.6 Å². The molecule has 0 aliphatic heterocycles. The van der Waals surface area contributed by atoms with Gasteiger partial charge in [-0.2, -0.15) is 0 Å². The molecular formula is C17H29NO2Si. The molecule has 0 aromatic rings. The zero-order valence-electron chi connectivity index (χ0n) is 14.1. The van der Waals surface area contributed by atoms with Crippen LogP contribution < -0.4 is 0 Å². The lowest BCUT2D eigenvalue weighted by Gasteiger charge is -2.45. The van der Waals surface area contributed by atoms with E-state index in [1.807, 2.05) is 6.08 Å². The first-order valence-electron chi connectivity index (χ1n) is 8.30. The van der Waals surface area contributed by atoms with Crippen molar-refractivity contribution >= 4 is 13.9 Å². The second kappa shape index (κ2) is 4.53. The Balaban J connectivity index is 2.16. The van der Waals surface area contributed by atoms with E-state index in [1.54, 1.807) is 0 Å². The molecule has 0 heterocycles. The summed E-state index contributed by atoms with van der Waals surface area (Å²) in [5.74, 6) is 0.252. The van der Waals surface area contributed by atoms with E-state index in [0.717, 1.165) is 25.7 Å². The fourth-order valence-corrected chi connectivity index (χ4v) is 7.81. The average Bonchev–Trinajstić information content (AvgIpc) is 2.81. The van der Waals surface area contributed by atoms with Crippen molar-refractivity contribution in [1.82, 2.24) is 4.90 Å². The summed E-state index contributed by atoms with van der Waals surface area (Å²) in [6.07, 6.45) is 7.01. The summed E-state index contributed by atoms with van der Waals surface area (Å²) in [6.45, 7) is 6.98. The molecule has 1 N–H and O–H groups in total. The number of carbonyl (C=O) groups excluding carboxylic acids is 1. The number of aliphatic hydroxyl groups is 1. The van der Waals surface area contributed by atoms with Crippen molar-refractivity contribution in [3.05, 3.63) is 11.3 Å². The highest BCUT2D eigenvalue weighted by Crippen LogP contribution is 2.61. The van der Waals surface area contributed by atoms with Gasteiger partial charge < -0.3 is 5.11 Å². The second-order valence-electron chi connectivity index (χ2n) is 8.60. The summed E-state index contributed by atoms with van der Waals surface area (Å²) in [5.41, 5.74) is -0.983. The van der Waals surface area contributed by atoms with Gasteiger partial charge >= 0.3 is 0 Å². The van der Waals surface area contributed by atoms with Crippen LogP contribution in [0, 0.1) is 11.8 Å². The van der Waals surface area contributed by atoms with Gasteiger partial charge in [-0.15, -0.1) is 0 Å². The van der Waals surface area contributed by atoms with E-state index in [9.17, 15) is 9.90 Å². The Labute approximate surface area is 129 Å². The minimum Gasteiger partial charge on any atom is -0.389 e. The topological polar surface area (TPSA) is 40.5 Å². The van der Waals surface area contributed by atoms with Crippen LogP contribution in [0.15, 0.2) is 11.3 Å². The zero-order valence-corrected chi connectivity index (χ0v) is 15.1. The lowest BCUT2D eigenvalue weighted by atomic mass is 9.72. The average molecular weight is 308 g/mol. The van der Waals surface area contributed by atoms with Crippen LogP contribution in [0.2, 0.25) is 19.6 Å². The number of fused-ring (bicyclic) bond motifs is 3. The SMILES string of the molecule is CN(C)[C@@]12C[C@@H]3CCCC[C@]3(O)[C@@H]1C(=O)C=C2[Si](C)(C)C. The maximum atomic E-state index is 12.8. The molecule has 21 heavy (non-hydrogen) atoms. The molecule has 0 saturated heterocycles. The first-order valence-corrected chi connectivity index (χ1v) is 11.8. The summed E-state index contributed by atoms with van der Waals surface area (Å²) >= 11 is 0. The van der Waals surface area contributed by atoms with Gasteiger partial charge in [-0.3, -0.25) is 9.69 Å². The Bertz CT molecular complexity index is 507. The maximum absolute atomic E-state index is 12.8. The van der Waals surface area contributed by atoms with Gasteiger partial charge in [0, 0.05) is 0 Å². The number of likely N-dealkylation sites (N-methyl/N-ethyl adjacent to an activating group) is 1. The quantitative estimate of drug-likeness (QED) is 0.797. The lowest BCUT2D eigenvalue weighted by molar-refractivity contribution is -0.133. The third-order valence-electron chi connectivity index (χ3n) is 6.27. The van der Waals surface area contributed by atoms with Crippen LogP contribution in [0.1, 0.15) is 32.1 Å². The largest absolute Gasteiger partial charge is 0.389 e. The molecule has 0 spiro atoms. The number of rotatable bonds is 2. The molecule has 3 aliphatic carbocycles. The third kappa shape index (κ3) is 1.88. The molecule has 0 unspecified atom stereocenters. The van der Waals surface area contributed by atoms with E-state index >= 15 is 0 Å². The van der Waals surface area contributed by atoms with Gasteiger partial charge in [-0.25, -0.2) is 0 Å². The van der Waals surface area contributed by atoms with Gasteiger partial charge in [0.25, 0.3) is 0 Å². The summed E-state index contributed by atoms with van der Waals surface area (Å²) in [6, 6.07) is 0. The predicted molar refractivity (Wildman–Crippen MR) is 87.9 cm³/mol. The number of hydrogen-bond donors (Lipinski definition) is 1. The van der Waals surface area contributed by atoms with Crippen molar-refractivity contribution in [2.75, 3.05) is 14.1 Å². The number of allylic oxidation sites excluding steroid dienone is 1. The molecule has 4 heteroatoms. The van der Waals surface area contributed by atoms with Gasteiger partial charge in [0.05, 0.1) is 25.1 Å². The summed E-state index contributed by atoms with van der Waals surface area (Å²) in [4.78, 5) is 15.1. The van der Waals surface area contributed by atoms with Crippen molar-refractivity contribution in [2.45, 2.75) is 62.9 Å². The number of carbonyl (C=O) groups is 1. The number of ketones is 1. The van der Waals surface area contributed by atoms with Crippen molar-refractivity contribution in [2.24, 2.45) is 11.8 Å². The standard InChI is InChI=1S/C17H29NO2Si/c1-18(2)16-11-12-8-6-7-9-17(12,20)15(16)13(19)10-14(16)21(3,4)5/h10,12,15,20H,6-9,11H2,1-5H3/t12-,15+,16+,17+/m0/s1. The Morgan fingerprint density at radius 2 is 1.95 bits per heavy atom. The molecule has 0 radical (unpaired) electrons. The van der Waals surface area contributed by atoms with Crippen molar-refractivity contribution in [3.63, 3.8) is 0 Å². The van der Waals surface area contributed by atoms with Gasteiger partial charge in [-0.05, 0) is 45.4 Å². The Morgan fingerprint density at radius 1 is 1.29 bits per heavy atom. The first kappa shape index (κ1) is 15.4. The van der Waals surface area contributed by atoms with Crippen LogP contribution in [-0.2, 0) is 4.79 Å². The molecular weight excluding hydrogens is 278 g/mol. The Morgan fingerprint density at radius 3 is 2.52 bits per heavy atom. The fourth-order valence-electron chi connectivity index (χ4n) is 5.46. The molecule has 4 atom stereocenters. The molecule has 118 valence electrons. The van der Waals surface area contributed by atoms with E-state index < -0.39 is 13.7 Å². The fraction of sp³-hybridized carbons (Fsp3) is 0.824. The Hall–Kier alpha value is -0.453. The van der Waals surface area contributed by atoms with Crippen molar-refractivity contribution < 1.29 is 9.90 Å². The van der Waals surface area contributed by atoms with Crippen LogP contribution in [0.5, 0.6) is 0 Å². The lowest BCUT2D eigenvalue weighted by Crippen LogP contribution is -2.57. The van der Waals surface area contributed by atoms with Crippen LogP contribution in [0.4, 0.5) is 0 Å². The van der Waals surface area contributed by atoms with Crippen LogP contribution in [0.25, 0.3) is 0 Å². The van der Waals surface area contributed by atoms with E-state index in [0.29, 0.717) is 5.92 Å². The molecule has 3 nitrogen and oxygen atoms in total. The third-order valence-corrected chi connectivity index (χ3v) is 8.46. The normalized spacial score (nSPS) is 43.0. The predicted octanol–water partition coefficient (Wildman–Crippen LogP) is 2.61. The highest BCUT2D eigenvalue weighted by molar-refractivity contribution is 6.84. The highest BCUT2D eigenvalue weighted by atomic mass is 28.3. The van der Waals surface area contributed by atoms with Gasteiger partial charge in [0.2, 0.25) is 0 Å². The molecule has 0 aromatic heterocycles. The number of hydrogen-bond acceptors (Lipinski definition) is 3. The minimum atomic E-state index is -1.60. The smallest absolute Gasteiger partial charge is 0.163 e.